The molecule has 96 valence electrons. The predicted molar refractivity (Wildman–Crippen MR) is 67.0 cm³/mol. The molecule has 0 aliphatic carbocycles. The van der Waals surface area contributed by atoms with Crippen molar-refractivity contribution in [2.45, 2.75) is 40.7 Å². The van der Waals surface area contributed by atoms with Gasteiger partial charge >= 0.3 is 0 Å². The van der Waals surface area contributed by atoms with Crippen molar-refractivity contribution in [1.82, 2.24) is 5.32 Å². The fourth-order valence-corrected chi connectivity index (χ4v) is 1.56. The Morgan fingerprint density at radius 3 is 2.29 bits per heavy atom. The summed E-state index contributed by atoms with van der Waals surface area (Å²) in [5.74, 6) is -0.705. The van der Waals surface area contributed by atoms with E-state index < -0.39 is 0 Å². The SMILES string of the molecule is Cc1cc(F)c(C(C)NCC(C)(C)C)cc1F. The number of aryl methyl sites for hydroxylation is 1. The molecule has 1 nitrogen and oxygen atoms in total. The number of nitrogens with one attached hydrogen (secondary N) is 1. The third kappa shape index (κ3) is 4.08. The van der Waals surface area contributed by atoms with Crippen molar-refractivity contribution in [3.8, 4) is 0 Å². The number of benzene rings is 1. The number of hydrogen-bond donors (Lipinski definition) is 1. The van der Waals surface area contributed by atoms with Gasteiger partial charge in [0.2, 0.25) is 0 Å². The fraction of sp³-hybridized carbons (Fsp3) is 0.571. The zero-order valence-corrected chi connectivity index (χ0v) is 11.2. The molecular formula is C14H21F2N. The molecule has 0 heterocycles. The van der Waals surface area contributed by atoms with Gasteiger partial charge in [-0.05, 0) is 37.0 Å². The monoisotopic (exact) mass is 241 g/mol. The smallest absolute Gasteiger partial charge is 0.128 e. The first-order chi connectivity index (χ1) is 7.70. The highest BCUT2D eigenvalue weighted by molar-refractivity contribution is 5.27. The third-order valence-electron chi connectivity index (χ3n) is 2.68. The summed E-state index contributed by atoms with van der Waals surface area (Å²) in [5, 5.41) is 3.22. The molecule has 0 spiro atoms. The Hall–Kier alpha value is -0.960. The lowest BCUT2D eigenvalue weighted by atomic mass is 9.96. The van der Waals surface area contributed by atoms with Crippen LogP contribution in [-0.2, 0) is 0 Å². The highest BCUT2D eigenvalue weighted by Crippen LogP contribution is 2.21. The van der Waals surface area contributed by atoms with E-state index in [-0.39, 0.29) is 23.1 Å². The van der Waals surface area contributed by atoms with Crippen LogP contribution >= 0.6 is 0 Å². The quantitative estimate of drug-likeness (QED) is 0.844. The van der Waals surface area contributed by atoms with Crippen LogP contribution in [0.1, 0.15) is 44.9 Å². The van der Waals surface area contributed by atoms with Crippen LogP contribution in [0.25, 0.3) is 0 Å². The first-order valence-corrected chi connectivity index (χ1v) is 5.89. The van der Waals surface area contributed by atoms with Crippen LogP contribution in [-0.4, -0.2) is 6.54 Å². The van der Waals surface area contributed by atoms with Gasteiger partial charge in [-0.2, -0.15) is 0 Å². The van der Waals surface area contributed by atoms with E-state index in [9.17, 15) is 8.78 Å². The molecule has 0 aliphatic rings. The first kappa shape index (κ1) is 14.1. The molecule has 1 rings (SSSR count). The maximum absolute atomic E-state index is 13.7. The summed E-state index contributed by atoms with van der Waals surface area (Å²) in [6.07, 6.45) is 0. The van der Waals surface area contributed by atoms with Crippen LogP contribution in [0.5, 0.6) is 0 Å². The van der Waals surface area contributed by atoms with Crippen LogP contribution in [0.4, 0.5) is 8.78 Å². The average Bonchev–Trinajstić information content (AvgIpc) is 2.19. The number of rotatable bonds is 3. The van der Waals surface area contributed by atoms with Crippen LogP contribution in [0, 0.1) is 24.0 Å². The van der Waals surface area contributed by atoms with Crippen LogP contribution < -0.4 is 5.32 Å². The van der Waals surface area contributed by atoms with Gasteiger partial charge in [-0.3, -0.25) is 0 Å². The third-order valence-corrected chi connectivity index (χ3v) is 2.68. The largest absolute Gasteiger partial charge is 0.310 e. The van der Waals surface area contributed by atoms with Crippen molar-refractivity contribution < 1.29 is 8.78 Å². The lowest BCUT2D eigenvalue weighted by molar-refractivity contribution is 0.356. The Balaban J connectivity index is 2.82. The molecule has 0 saturated carbocycles. The minimum absolute atomic E-state index is 0.119. The van der Waals surface area contributed by atoms with E-state index in [0.29, 0.717) is 11.1 Å². The summed E-state index contributed by atoms with van der Waals surface area (Å²) in [6.45, 7) is 10.5. The summed E-state index contributed by atoms with van der Waals surface area (Å²) < 4.78 is 27.1. The Kier molecular flexibility index (Phi) is 4.26. The standard InChI is InChI=1S/C14H21F2N/c1-9-6-13(16)11(7-12(9)15)10(2)17-8-14(3,4)5/h6-7,10,17H,8H2,1-5H3. The molecule has 1 aromatic rings. The minimum atomic E-state index is -0.356. The fourth-order valence-electron chi connectivity index (χ4n) is 1.56. The van der Waals surface area contributed by atoms with Gasteiger partial charge in [0.1, 0.15) is 11.6 Å². The maximum Gasteiger partial charge on any atom is 0.128 e. The molecule has 0 bridgehead atoms. The van der Waals surface area contributed by atoms with Crippen LogP contribution in [0.3, 0.4) is 0 Å². The van der Waals surface area contributed by atoms with E-state index in [1.807, 2.05) is 6.92 Å². The molecule has 0 radical (unpaired) electrons. The molecule has 1 N–H and O–H groups in total. The molecular weight excluding hydrogens is 220 g/mol. The zero-order chi connectivity index (χ0) is 13.2. The van der Waals surface area contributed by atoms with Crippen molar-refractivity contribution in [1.29, 1.82) is 0 Å². The predicted octanol–water partition coefficient (Wildman–Crippen LogP) is 3.97. The molecule has 0 saturated heterocycles. The molecule has 1 aromatic carbocycles. The Bertz CT molecular complexity index is 394. The van der Waals surface area contributed by atoms with Gasteiger partial charge in [-0.1, -0.05) is 20.8 Å². The van der Waals surface area contributed by atoms with Gasteiger partial charge in [-0.15, -0.1) is 0 Å². The normalized spacial score (nSPS) is 13.8. The van der Waals surface area contributed by atoms with Crippen LogP contribution in [0.15, 0.2) is 12.1 Å². The number of halogens is 2. The molecule has 3 heteroatoms. The summed E-state index contributed by atoms with van der Waals surface area (Å²) in [7, 11) is 0. The second-order valence-electron chi connectivity index (χ2n) is 5.79. The first-order valence-electron chi connectivity index (χ1n) is 5.89. The molecule has 0 aliphatic heterocycles. The van der Waals surface area contributed by atoms with Crippen LogP contribution in [0.2, 0.25) is 0 Å². The molecule has 17 heavy (non-hydrogen) atoms. The van der Waals surface area contributed by atoms with Gasteiger partial charge in [0.15, 0.2) is 0 Å². The Labute approximate surface area is 102 Å². The second kappa shape index (κ2) is 5.13. The van der Waals surface area contributed by atoms with Crippen molar-refractivity contribution in [3.05, 3.63) is 34.9 Å². The minimum Gasteiger partial charge on any atom is -0.310 e. The van der Waals surface area contributed by atoms with E-state index in [1.54, 1.807) is 6.92 Å². The zero-order valence-electron chi connectivity index (χ0n) is 11.2. The van der Waals surface area contributed by atoms with E-state index >= 15 is 0 Å². The van der Waals surface area contributed by atoms with Gasteiger partial charge in [0, 0.05) is 18.2 Å². The van der Waals surface area contributed by atoms with E-state index in [4.69, 9.17) is 0 Å². The molecule has 1 unspecified atom stereocenters. The Morgan fingerprint density at radius 1 is 1.18 bits per heavy atom. The van der Waals surface area contributed by atoms with E-state index in [0.717, 1.165) is 6.54 Å². The topological polar surface area (TPSA) is 12.0 Å². The summed E-state index contributed by atoms with van der Waals surface area (Å²) in [5.41, 5.74) is 0.847. The average molecular weight is 241 g/mol. The molecule has 0 aromatic heterocycles. The van der Waals surface area contributed by atoms with Gasteiger partial charge in [0.25, 0.3) is 0 Å². The number of hydrogen-bond acceptors (Lipinski definition) is 1. The van der Waals surface area contributed by atoms with Crippen molar-refractivity contribution >= 4 is 0 Å². The van der Waals surface area contributed by atoms with Gasteiger partial charge in [0.05, 0.1) is 0 Å². The summed E-state index contributed by atoms with van der Waals surface area (Å²) >= 11 is 0. The second-order valence-corrected chi connectivity index (χ2v) is 5.79. The van der Waals surface area contributed by atoms with Gasteiger partial charge < -0.3 is 5.32 Å². The summed E-state index contributed by atoms with van der Waals surface area (Å²) in [6, 6.07) is 2.34. The molecule has 0 fully saturated rings. The molecule has 1 atom stereocenters. The molecule has 0 amide bonds. The summed E-state index contributed by atoms with van der Waals surface area (Å²) in [4.78, 5) is 0. The highest BCUT2D eigenvalue weighted by Gasteiger charge is 2.16. The van der Waals surface area contributed by atoms with Crippen molar-refractivity contribution in [2.24, 2.45) is 5.41 Å². The van der Waals surface area contributed by atoms with Gasteiger partial charge in [-0.25, -0.2) is 8.78 Å². The Morgan fingerprint density at radius 2 is 1.76 bits per heavy atom. The highest BCUT2D eigenvalue weighted by atomic mass is 19.1. The lowest BCUT2D eigenvalue weighted by Gasteiger charge is -2.23. The van der Waals surface area contributed by atoms with Crippen molar-refractivity contribution in [2.75, 3.05) is 6.54 Å². The van der Waals surface area contributed by atoms with E-state index in [1.165, 1.54) is 12.1 Å². The maximum atomic E-state index is 13.7. The van der Waals surface area contributed by atoms with E-state index in [2.05, 4.69) is 26.1 Å². The lowest BCUT2D eigenvalue weighted by Crippen LogP contribution is -2.29. The van der Waals surface area contributed by atoms with Crippen molar-refractivity contribution in [3.63, 3.8) is 0 Å².